The molecule has 1 aliphatic rings. The van der Waals surface area contributed by atoms with Crippen molar-refractivity contribution in [2.24, 2.45) is 0 Å². The molecule has 156 valence electrons. The second-order valence-electron chi connectivity index (χ2n) is 7.36. The molecule has 2 aromatic rings. The zero-order chi connectivity index (χ0) is 21.2. The molecule has 0 unspecified atom stereocenters. The van der Waals surface area contributed by atoms with Crippen molar-refractivity contribution in [2.75, 3.05) is 20.1 Å². The summed E-state index contributed by atoms with van der Waals surface area (Å²) in [5, 5.41) is 0. The first-order valence-electron chi connectivity index (χ1n) is 9.43. The molecule has 0 aliphatic carbocycles. The van der Waals surface area contributed by atoms with Crippen molar-refractivity contribution in [3.63, 3.8) is 0 Å². The molecule has 0 radical (unpaired) electrons. The van der Waals surface area contributed by atoms with Gasteiger partial charge in [0.05, 0.1) is 17.1 Å². The Kier molecular flexibility index (Phi) is 6.36. The summed E-state index contributed by atoms with van der Waals surface area (Å²) in [4.78, 5) is 14.2. The number of amides is 1. The summed E-state index contributed by atoms with van der Waals surface area (Å²) in [7, 11) is -2.09. The topological polar surface area (TPSA) is 66.9 Å². The molecule has 3 rings (SSSR count). The van der Waals surface area contributed by atoms with Gasteiger partial charge >= 0.3 is 0 Å². The van der Waals surface area contributed by atoms with Gasteiger partial charge in [0.1, 0.15) is 5.82 Å². The molecule has 0 spiro atoms. The van der Waals surface area contributed by atoms with Crippen molar-refractivity contribution >= 4 is 15.9 Å². The van der Waals surface area contributed by atoms with Crippen molar-refractivity contribution in [1.82, 2.24) is 9.21 Å². The Morgan fingerprint density at radius 2 is 1.69 bits per heavy atom. The van der Waals surface area contributed by atoms with Crippen LogP contribution in [-0.2, 0) is 21.3 Å². The largest absolute Gasteiger partial charge is 0.373 e. The Hall–Kier alpha value is -2.29. The minimum atomic E-state index is -3.67. The van der Waals surface area contributed by atoms with Crippen LogP contribution in [0.3, 0.4) is 0 Å². The molecule has 29 heavy (non-hydrogen) atoms. The van der Waals surface area contributed by atoms with Crippen LogP contribution in [0.15, 0.2) is 53.4 Å². The maximum absolute atomic E-state index is 13.8. The first-order chi connectivity index (χ1) is 13.7. The molecule has 1 heterocycles. The summed E-state index contributed by atoms with van der Waals surface area (Å²) in [6, 6.07) is 12.1. The number of ether oxygens (including phenoxy) is 1. The third-order valence-electron chi connectivity index (χ3n) is 4.84. The van der Waals surface area contributed by atoms with Crippen LogP contribution in [0.2, 0.25) is 0 Å². The number of sulfonamides is 1. The monoisotopic (exact) mass is 420 g/mol. The van der Waals surface area contributed by atoms with E-state index in [-0.39, 0.29) is 35.4 Å². The lowest BCUT2D eigenvalue weighted by Crippen LogP contribution is -2.48. The van der Waals surface area contributed by atoms with E-state index in [1.54, 1.807) is 25.2 Å². The van der Waals surface area contributed by atoms with Crippen molar-refractivity contribution in [2.45, 2.75) is 37.5 Å². The Labute approximate surface area is 170 Å². The molecule has 2 aromatic carbocycles. The Morgan fingerprint density at radius 3 is 2.28 bits per heavy atom. The number of carbonyl (C=O) groups excluding carboxylic acids is 1. The van der Waals surface area contributed by atoms with E-state index in [1.165, 1.54) is 39.5 Å². The number of halogens is 1. The highest BCUT2D eigenvalue weighted by Gasteiger charge is 2.32. The molecule has 0 bridgehead atoms. The van der Waals surface area contributed by atoms with Crippen LogP contribution < -0.4 is 0 Å². The van der Waals surface area contributed by atoms with Gasteiger partial charge in [-0.05, 0) is 44.2 Å². The third kappa shape index (κ3) is 4.83. The number of carbonyl (C=O) groups is 1. The number of morpholine rings is 1. The maximum Gasteiger partial charge on any atom is 0.253 e. The first-order valence-corrected chi connectivity index (χ1v) is 10.9. The van der Waals surface area contributed by atoms with Crippen LogP contribution in [0, 0.1) is 5.82 Å². The highest BCUT2D eigenvalue weighted by molar-refractivity contribution is 7.89. The van der Waals surface area contributed by atoms with Crippen molar-refractivity contribution in [3.05, 3.63) is 65.5 Å². The Balaban J connectivity index is 1.73. The lowest BCUT2D eigenvalue weighted by Gasteiger charge is -2.34. The lowest BCUT2D eigenvalue weighted by atomic mass is 10.1. The number of nitrogens with zero attached hydrogens (tertiary/aromatic N) is 2. The van der Waals surface area contributed by atoms with Gasteiger partial charge in [-0.1, -0.05) is 18.2 Å². The first kappa shape index (κ1) is 21.4. The van der Waals surface area contributed by atoms with E-state index in [9.17, 15) is 17.6 Å². The van der Waals surface area contributed by atoms with Gasteiger partial charge in [0.2, 0.25) is 10.0 Å². The smallest absolute Gasteiger partial charge is 0.253 e. The van der Waals surface area contributed by atoms with Gasteiger partial charge in [0.15, 0.2) is 0 Å². The number of hydrogen-bond donors (Lipinski definition) is 0. The minimum Gasteiger partial charge on any atom is -0.373 e. The van der Waals surface area contributed by atoms with Gasteiger partial charge in [-0.25, -0.2) is 12.8 Å². The van der Waals surface area contributed by atoms with E-state index >= 15 is 0 Å². The van der Waals surface area contributed by atoms with Crippen molar-refractivity contribution < 1.29 is 22.3 Å². The number of benzene rings is 2. The van der Waals surface area contributed by atoms with Crippen LogP contribution in [0.25, 0.3) is 0 Å². The second-order valence-corrected chi connectivity index (χ2v) is 9.29. The van der Waals surface area contributed by atoms with E-state index in [1.807, 2.05) is 13.8 Å². The highest BCUT2D eigenvalue weighted by Crippen LogP contribution is 2.22. The fraction of sp³-hybridized carbons (Fsp3) is 0.381. The zero-order valence-electron chi connectivity index (χ0n) is 16.7. The molecule has 0 saturated carbocycles. The molecule has 2 atom stereocenters. The van der Waals surface area contributed by atoms with Crippen LogP contribution in [0.5, 0.6) is 0 Å². The molecular weight excluding hydrogens is 395 g/mol. The van der Waals surface area contributed by atoms with Gasteiger partial charge in [-0.15, -0.1) is 0 Å². The predicted molar refractivity (Wildman–Crippen MR) is 107 cm³/mol. The van der Waals surface area contributed by atoms with Crippen LogP contribution in [-0.4, -0.2) is 55.9 Å². The quantitative estimate of drug-likeness (QED) is 0.746. The highest BCUT2D eigenvalue weighted by atomic mass is 32.2. The molecule has 1 fully saturated rings. The predicted octanol–water partition coefficient (Wildman–Crippen LogP) is 2.90. The average Bonchev–Trinajstić information content (AvgIpc) is 2.68. The van der Waals surface area contributed by atoms with Crippen LogP contribution in [0.4, 0.5) is 4.39 Å². The van der Waals surface area contributed by atoms with Crippen LogP contribution in [0.1, 0.15) is 29.8 Å². The summed E-state index contributed by atoms with van der Waals surface area (Å²) in [5.74, 6) is -0.687. The van der Waals surface area contributed by atoms with Crippen molar-refractivity contribution in [3.8, 4) is 0 Å². The van der Waals surface area contributed by atoms with Gasteiger partial charge in [-0.3, -0.25) is 4.79 Å². The normalized spacial score (nSPS) is 20.4. The molecular formula is C21H25FN2O4S. The molecule has 8 heteroatoms. The Morgan fingerprint density at radius 1 is 1.10 bits per heavy atom. The summed E-state index contributed by atoms with van der Waals surface area (Å²) in [6.07, 6.45) is -0.359. The second kappa shape index (κ2) is 8.61. The molecule has 0 N–H and O–H groups in total. The van der Waals surface area contributed by atoms with E-state index in [0.717, 1.165) is 0 Å². The fourth-order valence-electron chi connectivity index (χ4n) is 3.42. The Bertz CT molecular complexity index is 968. The summed E-state index contributed by atoms with van der Waals surface area (Å²) >= 11 is 0. The molecule has 1 saturated heterocycles. The van der Waals surface area contributed by atoms with E-state index < -0.39 is 10.0 Å². The third-order valence-corrected chi connectivity index (χ3v) is 6.68. The molecule has 1 aliphatic heterocycles. The van der Waals surface area contributed by atoms with Gasteiger partial charge in [-0.2, -0.15) is 4.31 Å². The summed E-state index contributed by atoms with van der Waals surface area (Å²) < 4.78 is 46.6. The van der Waals surface area contributed by atoms with Gasteiger partial charge < -0.3 is 9.64 Å². The SMILES string of the molecule is C[C@H]1CN(S(=O)(=O)c2ccc(C(=O)N(C)Cc3ccccc3F)cc2)C[C@H](C)O1. The molecule has 0 aromatic heterocycles. The van der Waals surface area contributed by atoms with Crippen molar-refractivity contribution in [1.29, 1.82) is 0 Å². The molecule has 6 nitrogen and oxygen atoms in total. The summed E-state index contributed by atoms with van der Waals surface area (Å²) in [5.41, 5.74) is 0.754. The standard InChI is InChI=1S/C21H25FN2O4S/c1-15-12-24(13-16(2)28-15)29(26,27)19-10-8-17(9-11-19)21(25)23(3)14-18-6-4-5-7-20(18)22/h4-11,15-16H,12-14H2,1-3H3/t15-,16-/m0/s1. The lowest BCUT2D eigenvalue weighted by molar-refractivity contribution is -0.0440. The van der Waals surface area contributed by atoms with Crippen LogP contribution >= 0.6 is 0 Å². The fourth-order valence-corrected chi connectivity index (χ4v) is 5.01. The molecule has 1 amide bonds. The van der Waals surface area contributed by atoms with E-state index in [4.69, 9.17) is 4.74 Å². The number of hydrogen-bond acceptors (Lipinski definition) is 4. The van der Waals surface area contributed by atoms with Gasteiger partial charge in [0.25, 0.3) is 5.91 Å². The zero-order valence-corrected chi connectivity index (χ0v) is 17.5. The summed E-state index contributed by atoms with van der Waals surface area (Å²) in [6.45, 7) is 4.38. The minimum absolute atomic E-state index is 0.120. The van der Waals surface area contributed by atoms with Gasteiger partial charge in [0, 0.05) is 37.8 Å². The number of rotatable bonds is 5. The maximum atomic E-state index is 13.8. The average molecular weight is 421 g/mol. The van der Waals surface area contributed by atoms with E-state index in [0.29, 0.717) is 24.2 Å². The van der Waals surface area contributed by atoms with E-state index in [2.05, 4.69) is 0 Å².